The first-order valence-electron chi connectivity index (χ1n) is 5.54. The Balaban J connectivity index is 2.45. The zero-order chi connectivity index (χ0) is 13.0. The summed E-state index contributed by atoms with van der Waals surface area (Å²) < 4.78 is 0. The monoisotopic (exact) mass is 243 g/mol. The van der Waals surface area contributed by atoms with Crippen LogP contribution in [0.15, 0.2) is 48.8 Å². The van der Waals surface area contributed by atoms with Gasteiger partial charge in [-0.3, -0.25) is 4.90 Å². The molecule has 5 heteroatoms. The molecule has 92 valence electrons. The summed E-state index contributed by atoms with van der Waals surface area (Å²) in [6.07, 6.45) is 3.25. The van der Waals surface area contributed by atoms with Gasteiger partial charge in [0.15, 0.2) is 0 Å². The average molecular weight is 243 g/mol. The quantitative estimate of drug-likeness (QED) is 0.890. The Bertz CT molecular complexity index is 477. The molecule has 1 N–H and O–H groups in total. The molecule has 2 aromatic heterocycles. The van der Waals surface area contributed by atoms with Crippen LogP contribution in [-0.4, -0.2) is 27.1 Å². The normalized spacial score (nSPS) is 11.8. The van der Waals surface area contributed by atoms with Crippen molar-refractivity contribution in [1.82, 2.24) is 9.97 Å². The minimum Gasteiger partial charge on any atom is -0.480 e. The molecule has 0 aromatic carbocycles. The lowest BCUT2D eigenvalue weighted by molar-refractivity contribution is -0.138. The van der Waals surface area contributed by atoms with Gasteiger partial charge in [0.05, 0.1) is 0 Å². The van der Waals surface area contributed by atoms with Crippen LogP contribution in [-0.2, 0) is 4.79 Å². The minimum absolute atomic E-state index is 0.561. The van der Waals surface area contributed by atoms with Gasteiger partial charge in [-0.15, -0.1) is 0 Å². The van der Waals surface area contributed by atoms with E-state index < -0.39 is 12.0 Å². The molecule has 2 aromatic rings. The maximum Gasteiger partial charge on any atom is 0.326 e. The standard InChI is InChI=1S/C13H13N3O2/c1-10(13(17)18)16(11-6-2-4-8-14-11)12-7-3-5-9-15-12/h2-10H,1H3,(H,17,18). The number of hydrogen-bond acceptors (Lipinski definition) is 4. The topological polar surface area (TPSA) is 66.3 Å². The van der Waals surface area contributed by atoms with Gasteiger partial charge in [-0.05, 0) is 31.2 Å². The third-order valence-electron chi connectivity index (χ3n) is 2.54. The highest BCUT2D eigenvalue weighted by atomic mass is 16.4. The molecule has 0 aliphatic carbocycles. The largest absolute Gasteiger partial charge is 0.480 e. The summed E-state index contributed by atoms with van der Waals surface area (Å²) in [5.41, 5.74) is 0. The highest BCUT2D eigenvalue weighted by Gasteiger charge is 2.24. The fraction of sp³-hybridized carbons (Fsp3) is 0.154. The summed E-state index contributed by atoms with van der Waals surface area (Å²) in [4.78, 5) is 21.1. The maximum absolute atomic E-state index is 11.2. The fourth-order valence-corrected chi connectivity index (χ4v) is 1.62. The van der Waals surface area contributed by atoms with E-state index >= 15 is 0 Å². The summed E-state index contributed by atoms with van der Waals surface area (Å²) in [5, 5.41) is 9.18. The molecule has 0 saturated heterocycles. The van der Waals surface area contributed by atoms with E-state index in [9.17, 15) is 9.90 Å². The second-order valence-electron chi connectivity index (χ2n) is 3.76. The second-order valence-corrected chi connectivity index (χ2v) is 3.76. The van der Waals surface area contributed by atoms with Gasteiger partial charge in [0.1, 0.15) is 17.7 Å². The van der Waals surface area contributed by atoms with Gasteiger partial charge < -0.3 is 5.11 Å². The summed E-state index contributed by atoms with van der Waals surface area (Å²) in [6.45, 7) is 1.60. The lowest BCUT2D eigenvalue weighted by Gasteiger charge is -2.26. The first kappa shape index (κ1) is 12.0. The zero-order valence-electron chi connectivity index (χ0n) is 9.89. The van der Waals surface area contributed by atoms with Crippen LogP contribution in [0.1, 0.15) is 6.92 Å². The number of carbonyl (C=O) groups is 1. The van der Waals surface area contributed by atoms with Crippen LogP contribution in [0.3, 0.4) is 0 Å². The van der Waals surface area contributed by atoms with Crippen LogP contribution in [0, 0.1) is 0 Å². The summed E-state index contributed by atoms with van der Waals surface area (Å²) >= 11 is 0. The molecular formula is C13H13N3O2. The number of carboxylic acids is 1. The van der Waals surface area contributed by atoms with E-state index in [0.717, 1.165) is 0 Å². The Morgan fingerprint density at radius 2 is 1.61 bits per heavy atom. The minimum atomic E-state index is -0.925. The molecule has 2 heterocycles. The first-order chi connectivity index (χ1) is 8.70. The molecule has 0 fully saturated rings. The number of anilines is 2. The Kier molecular flexibility index (Phi) is 3.52. The van der Waals surface area contributed by atoms with Crippen LogP contribution in [0.5, 0.6) is 0 Å². The van der Waals surface area contributed by atoms with Crippen molar-refractivity contribution >= 4 is 17.6 Å². The van der Waals surface area contributed by atoms with E-state index in [1.807, 2.05) is 12.1 Å². The predicted octanol–water partition coefficient (Wildman–Crippen LogP) is 2.09. The molecule has 18 heavy (non-hydrogen) atoms. The highest BCUT2D eigenvalue weighted by molar-refractivity contribution is 5.80. The number of rotatable bonds is 4. The molecule has 1 atom stereocenters. The van der Waals surface area contributed by atoms with E-state index in [-0.39, 0.29) is 0 Å². The van der Waals surface area contributed by atoms with Crippen molar-refractivity contribution in [3.05, 3.63) is 48.8 Å². The molecule has 2 rings (SSSR count). The Labute approximate surface area is 105 Å². The number of pyridine rings is 2. The van der Waals surface area contributed by atoms with Crippen LogP contribution in [0.4, 0.5) is 11.6 Å². The number of nitrogens with zero attached hydrogens (tertiary/aromatic N) is 3. The molecule has 1 unspecified atom stereocenters. The van der Waals surface area contributed by atoms with Gasteiger partial charge in [-0.2, -0.15) is 0 Å². The highest BCUT2D eigenvalue weighted by Crippen LogP contribution is 2.23. The molecule has 0 spiro atoms. The van der Waals surface area contributed by atoms with Crippen molar-refractivity contribution in [1.29, 1.82) is 0 Å². The third kappa shape index (κ3) is 2.45. The fourth-order valence-electron chi connectivity index (χ4n) is 1.62. The van der Waals surface area contributed by atoms with Crippen LogP contribution in [0.2, 0.25) is 0 Å². The van der Waals surface area contributed by atoms with E-state index in [1.165, 1.54) is 0 Å². The Morgan fingerprint density at radius 3 is 1.94 bits per heavy atom. The molecular weight excluding hydrogens is 230 g/mol. The number of aromatic nitrogens is 2. The van der Waals surface area contributed by atoms with Crippen molar-refractivity contribution in [2.75, 3.05) is 4.90 Å². The Hall–Kier alpha value is -2.43. The molecule has 0 bridgehead atoms. The van der Waals surface area contributed by atoms with Gasteiger partial charge in [-0.1, -0.05) is 12.1 Å². The van der Waals surface area contributed by atoms with E-state index in [4.69, 9.17) is 0 Å². The number of aliphatic carboxylic acids is 1. The summed E-state index contributed by atoms with van der Waals surface area (Å²) in [7, 11) is 0. The molecule has 0 aliphatic heterocycles. The molecule has 0 amide bonds. The summed E-state index contributed by atoms with van der Waals surface area (Å²) in [6, 6.07) is 9.97. The lowest BCUT2D eigenvalue weighted by atomic mass is 10.2. The zero-order valence-corrected chi connectivity index (χ0v) is 9.89. The van der Waals surface area contributed by atoms with Gasteiger partial charge >= 0.3 is 5.97 Å². The molecule has 5 nitrogen and oxygen atoms in total. The summed E-state index contributed by atoms with van der Waals surface area (Å²) in [5.74, 6) is 0.198. The first-order valence-corrected chi connectivity index (χ1v) is 5.54. The van der Waals surface area contributed by atoms with Crippen molar-refractivity contribution < 1.29 is 9.90 Å². The van der Waals surface area contributed by atoms with Gasteiger partial charge in [0.2, 0.25) is 0 Å². The van der Waals surface area contributed by atoms with Crippen LogP contribution >= 0.6 is 0 Å². The lowest BCUT2D eigenvalue weighted by Crippen LogP contribution is -2.36. The van der Waals surface area contributed by atoms with Gasteiger partial charge in [-0.25, -0.2) is 14.8 Å². The molecule has 0 saturated carbocycles. The molecule has 0 radical (unpaired) electrons. The van der Waals surface area contributed by atoms with Crippen molar-refractivity contribution in [2.45, 2.75) is 13.0 Å². The predicted molar refractivity (Wildman–Crippen MR) is 67.7 cm³/mol. The van der Waals surface area contributed by atoms with E-state index in [2.05, 4.69) is 9.97 Å². The average Bonchev–Trinajstić information content (AvgIpc) is 2.41. The van der Waals surface area contributed by atoms with Gasteiger partial charge in [0.25, 0.3) is 0 Å². The second kappa shape index (κ2) is 5.27. The van der Waals surface area contributed by atoms with Gasteiger partial charge in [0, 0.05) is 12.4 Å². The number of hydrogen-bond donors (Lipinski definition) is 1. The Morgan fingerprint density at radius 1 is 1.11 bits per heavy atom. The van der Waals surface area contributed by atoms with Crippen LogP contribution in [0.25, 0.3) is 0 Å². The van der Waals surface area contributed by atoms with Crippen LogP contribution < -0.4 is 4.90 Å². The van der Waals surface area contributed by atoms with E-state index in [1.54, 1.807) is 48.5 Å². The van der Waals surface area contributed by atoms with Crippen molar-refractivity contribution in [3.63, 3.8) is 0 Å². The third-order valence-corrected chi connectivity index (χ3v) is 2.54. The van der Waals surface area contributed by atoms with E-state index in [0.29, 0.717) is 11.6 Å². The van der Waals surface area contributed by atoms with Crippen molar-refractivity contribution in [3.8, 4) is 0 Å². The number of carboxylic acid groups (broad SMARTS) is 1. The smallest absolute Gasteiger partial charge is 0.326 e. The molecule has 0 aliphatic rings. The van der Waals surface area contributed by atoms with Crippen molar-refractivity contribution in [2.24, 2.45) is 0 Å². The SMILES string of the molecule is CC(C(=O)O)N(c1ccccn1)c1ccccn1. The maximum atomic E-state index is 11.2.